The fourth-order valence-corrected chi connectivity index (χ4v) is 4.83. The molecule has 31 heavy (non-hydrogen) atoms. The van der Waals surface area contributed by atoms with E-state index < -0.39 is 6.23 Å². The van der Waals surface area contributed by atoms with Crippen molar-refractivity contribution < 1.29 is 14.6 Å². The van der Waals surface area contributed by atoms with Gasteiger partial charge in [0.05, 0.1) is 36.1 Å². The zero-order valence-corrected chi connectivity index (χ0v) is 18.6. The third-order valence-electron chi connectivity index (χ3n) is 5.56. The average molecular weight is 464 g/mol. The SMILES string of the molecule is C=CC(O)Nc1cn[nH]c1-c1n[nH]c2c1CCC(c1c(Cl)c(OC)cc(OC)c1Cl)C2. The number of rotatable bonds is 7. The number of nitrogens with one attached hydrogen (secondary N) is 3. The highest BCUT2D eigenvalue weighted by molar-refractivity contribution is 6.38. The van der Waals surface area contributed by atoms with Gasteiger partial charge in [0.1, 0.15) is 29.1 Å². The minimum atomic E-state index is -0.886. The van der Waals surface area contributed by atoms with Crippen molar-refractivity contribution in [2.24, 2.45) is 0 Å². The first-order chi connectivity index (χ1) is 15.0. The lowest BCUT2D eigenvalue weighted by Gasteiger charge is -2.26. The zero-order valence-electron chi connectivity index (χ0n) is 17.1. The number of nitrogens with zero attached hydrogens (tertiary/aromatic N) is 2. The van der Waals surface area contributed by atoms with Crippen LogP contribution < -0.4 is 14.8 Å². The highest BCUT2D eigenvalue weighted by atomic mass is 35.5. The Morgan fingerprint density at radius 3 is 2.61 bits per heavy atom. The second-order valence-electron chi connectivity index (χ2n) is 7.28. The Labute approximate surface area is 189 Å². The molecule has 3 aromatic rings. The molecule has 0 saturated carbocycles. The van der Waals surface area contributed by atoms with Gasteiger partial charge in [0.25, 0.3) is 0 Å². The van der Waals surface area contributed by atoms with Crippen molar-refractivity contribution in [3.05, 3.63) is 51.8 Å². The summed E-state index contributed by atoms with van der Waals surface area (Å²) in [5.41, 5.74) is 5.04. The number of anilines is 1. The van der Waals surface area contributed by atoms with E-state index in [1.165, 1.54) is 6.08 Å². The standard InChI is InChI=1S/C21H23Cl2N5O3/c1-4-16(29)25-13-9-24-27-21(13)20-11-6-5-10(7-12(11)26-28-20)17-18(22)14(30-2)8-15(31-3)19(17)23/h4,8-10,16,25,29H,1,5-7H2,2-3H3,(H,24,27)(H,26,28). The quantitative estimate of drug-likeness (QED) is 0.307. The number of aromatic amines is 2. The molecule has 0 saturated heterocycles. The number of H-pyrrole nitrogens is 2. The molecule has 4 N–H and O–H groups in total. The number of benzene rings is 1. The van der Waals surface area contributed by atoms with Crippen LogP contribution >= 0.6 is 23.2 Å². The summed E-state index contributed by atoms with van der Waals surface area (Å²) in [7, 11) is 3.13. The van der Waals surface area contributed by atoms with E-state index in [9.17, 15) is 5.11 Å². The molecule has 4 rings (SSSR count). The molecule has 2 unspecified atom stereocenters. The number of methoxy groups -OCH3 is 2. The Hall–Kier alpha value is -2.68. The van der Waals surface area contributed by atoms with Crippen LogP contribution in [0.4, 0.5) is 5.69 Å². The summed E-state index contributed by atoms with van der Waals surface area (Å²) < 4.78 is 10.8. The molecule has 164 valence electrons. The zero-order chi connectivity index (χ0) is 22.1. The first-order valence-electron chi connectivity index (χ1n) is 9.75. The molecule has 2 heterocycles. The molecule has 0 bridgehead atoms. The van der Waals surface area contributed by atoms with Crippen LogP contribution in [0, 0.1) is 0 Å². The van der Waals surface area contributed by atoms with Crippen LogP contribution in [0.2, 0.25) is 10.0 Å². The van der Waals surface area contributed by atoms with Crippen molar-refractivity contribution in [2.45, 2.75) is 31.4 Å². The first-order valence-corrected chi connectivity index (χ1v) is 10.5. The van der Waals surface area contributed by atoms with E-state index in [0.29, 0.717) is 39.3 Å². The summed E-state index contributed by atoms with van der Waals surface area (Å²) >= 11 is 13.3. The number of aliphatic hydroxyl groups is 1. The lowest BCUT2D eigenvalue weighted by atomic mass is 9.82. The smallest absolute Gasteiger partial charge is 0.143 e. The van der Waals surface area contributed by atoms with Crippen LogP contribution in [-0.4, -0.2) is 45.9 Å². The minimum absolute atomic E-state index is 0.0757. The van der Waals surface area contributed by atoms with E-state index in [2.05, 4.69) is 32.3 Å². The summed E-state index contributed by atoms with van der Waals surface area (Å²) in [6.45, 7) is 3.58. The largest absolute Gasteiger partial charge is 0.495 e. The van der Waals surface area contributed by atoms with Crippen molar-refractivity contribution in [2.75, 3.05) is 19.5 Å². The third kappa shape index (κ3) is 3.86. The van der Waals surface area contributed by atoms with Gasteiger partial charge in [-0.05, 0) is 31.3 Å². The van der Waals surface area contributed by atoms with Gasteiger partial charge in [-0.1, -0.05) is 29.8 Å². The number of aliphatic hydroxyl groups excluding tert-OH is 1. The lowest BCUT2D eigenvalue weighted by molar-refractivity contribution is 0.253. The number of hydrogen-bond donors (Lipinski definition) is 4. The van der Waals surface area contributed by atoms with Crippen LogP contribution in [0.15, 0.2) is 24.9 Å². The van der Waals surface area contributed by atoms with Crippen LogP contribution in [-0.2, 0) is 12.8 Å². The van der Waals surface area contributed by atoms with E-state index in [4.69, 9.17) is 32.7 Å². The molecule has 0 fully saturated rings. The van der Waals surface area contributed by atoms with E-state index in [-0.39, 0.29) is 5.92 Å². The van der Waals surface area contributed by atoms with Crippen molar-refractivity contribution in [1.82, 2.24) is 20.4 Å². The maximum Gasteiger partial charge on any atom is 0.143 e. The molecule has 2 atom stereocenters. The lowest BCUT2D eigenvalue weighted by Crippen LogP contribution is -2.15. The summed E-state index contributed by atoms with van der Waals surface area (Å²) in [5.74, 6) is 1.14. The molecular weight excluding hydrogens is 441 g/mol. The molecule has 8 nitrogen and oxygen atoms in total. The highest BCUT2D eigenvalue weighted by Gasteiger charge is 2.31. The predicted octanol–water partition coefficient (Wildman–Crippen LogP) is 4.31. The third-order valence-corrected chi connectivity index (χ3v) is 6.34. The predicted molar refractivity (Wildman–Crippen MR) is 120 cm³/mol. The van der Waals surface area contributed by atoms with Crippen LogP contribution in [0.1, 0.15) is 29.2 Å². The molecule has 0 radical (unpaired) electrons. The first kappa shape index (κ1) is 21.5. The Kier molecular flexibility index (Phi) is 6.13. The summed E-state index contributed by atoms with van der Waals surface area (Å²) in [5, 5.41) is 28.5. The second-order valence-corrected chi connectivity index (χ2v) is 8.03. The van der Waals surface area contributed by atoms with Gasteiger partial charge in [0.15, 0.2) is 0 Å². The van der Waals surface area contributed by atoms with Gasteiger partial charge >= 0.3 is 0 Å². The van der Waals surface area contributed by atoms with E-state index in [0.717, 1.165) is 35.4 Å². The molecule has 0 aliphatic heterocycles. The Morgan fingerprint density at radius 1 is 1.26 bits per heavy atom. The van der Waals surface area contributed by atoms with Crippen LogP contribution in [0.3, 0.4) is 0 Å². The molecular formula is C21H23Cl2N5O3. The van der Waals surface area contributed by atoms with Crippen LogP contribution in [0.5, 0.6) is 11.5 Å². The maximum atomic E-state index is 9.84. The van der Waals surface area contributed by atoms with Gasteiger partial charge in [0.2, 0.25) is 0 Å². The van der Waals surface area contributed by atoms with Crippen LogP contribution in [0.25, 0.3) is 11.4 Å². The highest BCUT2D eigenvalue weighted by Crippen LogP contribution is 2.47. The number of fused-ring (bicyclic) bond motifs is 1. The molecule has 1 aromatic carbocycles. The Morgan fingerprint density at radius 2 is 1.97 bits per heavy atom. The average Bonchev–Trinajstić information content (AvgIpc) is 3.40. The second kappa shape index (κ2) is 8.82. The molecule has 1 aliphatic carbocycles. The van der Waals surface area contributed by atoms with Gasteiger partial charge in [-0.25, -0.2) is 0 Å². The Bertz CT molecular complexity index is 1080. The summed E-state index contributed by atoms with van der Waals surface area (Å²) in [6, 6.07) is 1.70. The van der Waals surface area contributed by atoms with E-state index in [1.807, 2.05) is 0 Å². The summed E-state index contributed by atoms with van der Waals surface area (Å²) in [4.78, 5) is 0. The topological polar surface area (TPSA) is 108 Å². The van der Waals surface area contributed by atoms with Gasteiger partial charge in [-0.15, -0.1) is 0 Å². The minimum Gasteiger partial charge on any atom is -0.495 e. The molecule has 10 heteroatoms. The fourth-order valence-electron chi connectivity index (χ4n) is 4.02. The number of ether oxygens (including phenoxy) is 2. The summed E-state index contributed by atoms with van der Waals surface area (Å²) in [6.07, 6.45) is 4.39. The van der Waals surface area contributed by atoms with Crippen molar-refractivity contribution in [3.8, 4) is 22.9 Å². The molecule has 0 amide bonds. The van der Waals surface area contributed by atoms with Gasteiger partial charge < -0.3 is 19.9 Å². The monoisotopic (exact) mass is 463 g/mol. The van der Waals surface area contributed by atoms with Gasteiger partial charge in [-0.2, -0.15) is 10.2 Å². The molecule has 1 aliphatic rings. The van der Waals surface area contributed by atoms with Crippen molar-refractivity contribution in [1.29, 1.82) is 0 Å². The number of hydrogen-bond acceptors (Lipinski definition) is 6. The normalized spacial score (nSPS) is 16.5. The van der Waals surface area contributed by atoms with E-state index in [1.54, 1.807) is 26.5 Å². The molecule has 2 aromatic heterocycles. The van der Waals surface area contributed by atoms with Crippen molar-refractivity contribution in [3.63, 3.8) is 0 Å². The maximum absolute atomic E-state index is 9.84. The Balaban J connectivity index is 1.67. The van der Waals surface area contributed by atoms with E-state index >= 15 is 0 Å². The van der Waals surface area contributed by atoms with Gasteiger partial charge in [-0.3, -0.25) is 10.2 Å². The molecule has 0 spiro atoms. The number of halogens is 2. The fraction of sp³-hybridized carbons (Fsp3) is 0.333. The number of aromatic nitrogens is 4. The van der Waals surface area contributed by atoms with Gasteiger partial charge in [0, 0.05) is 22.9 Å². The van der Waals surface area contributed by atoms with Crippen molar-refractivity contribution >= 4 is 28.9 Å².